The smallest absolute Gasteiger partial charge is 0.326 e. The van der Waals surface area contributed by atoms with Crippen LogP contribution in [-0.4, -0.2) is 52.3 Å². The third kappa shape index (κ3) is 3.59. The van der Waals surface area contributed by atoms with Crippen molar-refractivity contribution in [2.45, 2.75) is 44.7 Å². The molecule has 1 rings (SSSR count). The van der Waals surface area contributed by atoms with Gasteiger partial charge in [-0.1, -0.05) is 13.3 Å². The zero-order valence-corrected chi connectivity index (χ0v) is 10.1. The van der Waals surface area contributed by atoms with E-state index in [0.29, 0.717) is 19.4 Å². The zero-order chi connectivity index (χ0) is 12.8. The van der Waals surface area contributed by atoms with E-state index in [1.54, 1.807) is 0 Å². The highest BCUT2D eigenvalue weighted by molar-refractivity contribution is 5.82. The fourth-order valence-corrected chi connectivity index (χ4v) is 2.07. The summed E-state index contributed by atoms with van der Waals surface area (Å²) in [6.45, 7) is 2.38. The molecule has 0 aromatic rings. The SMILES string of the molecule is CCC[C@H](NC(=O)N1CCCC1CO)C(=O)O. The van der Waals surface area contributed by atoms with E-state index >= 15 is 0 Å². The summed E-state index contributed by atoms with van der Waals surface area (Å²) < 4.78 is 0. The van der Waals surface area contributed by atoms with Gasteiger partial charge in [-0.15, -0.1) is 0 Å². The summed E-state index contributed by atoms with van der Waals surface area (Å²) in [5.41, 5.74) is 0. The number of nitrogens with zero attached hydrogens (tertiary/aromatic N) is 1. The Bertz CT molecular complexity index is 283. The van der Waals surface area contributed by atoms with E-state index in [4.69, 9.17) is 10.2 Å². The first-order valence-electron chi connectivity index (χ1n) is 6.01. The van der Waals surface area contributed by atoms with Crippen LogP contribution in [0.5, 0.6) is 0 Å². The van der Waals surface area contributed by atoms with Crippen molar-refractivity contribution in [3.63, 3.8) is 0 Å². The van der Waals surface area contributed by atoms with E-state index in [0.717, 1.165) is 12.8 Å². The molecule has 6 heteroatoms. The molecule has 2 amide bonds. The molecule has 0 aromatic heterocycles. The molecule has 2 atom stereocenters. The lowest BCUT2D eigenvalue weighted by Gasteiger charge is -2.25. The monoisotopic (exact) mass is 244 g/mol. The van der Waals surface area contributed by atoms with E-state index in [1.165, 1.54) is 4.90 Å². The van der Waals surface area contributed by atoms with Crippen LogP contribution in [0, 0.1) is 0 Å². The lowest BCUT2D eigenvalue weighted by molar-refractivity contribution is -0.139. The van der Waals surface area contributed by atoms with Crippen molar-refractivity contribution in [3.8, 4) is 0 Å². The summed E-state index contributed by atoms with van der Waals surface area (Å²) in [5.74, 6) is -1.01. The third-order valence-corrected chi connectivity index (χ3v) is 3.02. The fourth-order valence-electron chi connectivity index (χ4n) is 2.07. The largest absolute Gasteiger partial charge is 0.480 e. The van der Waals surface area contributed by atoms with Gasteiger partial charge in [-0.3, -0.25) is 0 Å². The third-order valence-electron chi connectivity index (χ3n) is 3.02. The maximum atomic E-state index is 11.8. The van der Waals surface area contributed by atoms with Crippen molar-refractivity contribution < 1.29 is 19.8 Å². The van der Waals surface area contributed by atoms with Crippen LogP contribution in [0.4, 0.5) is 4.79 Å². The van der Waals surface area contributed by atoms with Gasteiger partial charge in [-0.2, -0.15) is 0 Å². The van der Waals surface area contributed by atoms with Gasteiger partial charge >= 0.3 is 12.0 Å². The minimum Gasteiger partial charge on any atom is -0.480 e. The van der Waals surface area contributed by atoms with Gasteiger partial charge in [0, 0.05) is 6.54 Å². The van der Waals surface area contributed by atoms with E-state index in [9.17, 15) is 9.59 Å². The minimum absolute atomic E-state index is 0.0705. The number of aliphatic carboxylic acids is 1. The number of amides is 2. The van der Waals surface area contributed by atoms with Crippen molar-refractivity contribution in [2.24, 2.45) is 0 Å². The van der Waals surface area contributed by atoms with E-state index in [1.807, 2.05) is 6.92 Å². The maximum absolute atomic E-state index is 11.8. The van der Waals surface area contributed by atoms with Crippen molar-refractivity contribution in [2.75, 3.05) is 13.2 Å². The van der Waals surface area contributed by atoms with Gasteiger partial charge in [0.2, 0.25) is 0 Å². The molecule has 1 fully saturated rings. The first kappa shape index (κ1) is 13.8. The molecule has 0 aromatic carbocycles. The van der Waals surface area contributed by atoms with Crippen LogP contribution in [0.15, 0.2) is 0 Å². The van der Waals surface area contributed by atoms with Gasteiger partial charge in [-0.05, 0) is 19.3 Å². The lowest BCUT2D eigenvalue weighted by atomic mass is 10.2. The summed E-state index contributed by atoms with van der Waals surface area (Å²) in [6.07, 6.45) is 2.74. The van der Waals surface area contributed by atoms with Gasteiger partial charge in [0.05, 0.1) is 12.6 Å². The Balaban J connectivity index is 2.54. The van der Waals surface area contributed by atoms with Crippen LogP contribution >= 0.6 is 0 Å². The Labute approximate surface area is 101 Å². The molecule has 1 aliphatic rings. The first-order chi connectivity index (χ1) is 8.10. The van der Waals surface area contributed by atoms with Crippen LogP contribution in [0.3, 0.4) is 0 Å². The number of rotatable bonds is 5. The van der Waals surface area contributed by atoms with Gasteiger partial charge in [0.1, 0.15) is 6.04 Å². The number of aliphatic hydroxyl groups is 1. The first-order valence-corrected chi connectivity index (χ1v) is 6.01. The Morgan fingerprint density at radius 3 is 2.76 bits per heavy atom. The highest BCUT2D eigenvalue weighted by Gasteiger charge is 2.30. The Morgan fingerprint density at radius 2 is 2.24 bits per heavy atom. The molecule has 0 spiro atoms. The summed E-state index contributed by atoms with van der Waals surface area (Å²) >= 11 is 0. The highest BCUT2D eigenvalue weighted by Crippen LogP contribution is 2.16. The molecule has 1 heterocycles. The minimum atomic E-state index is -1.01. The molecule has 0 radical (unpaired) electrons. The fraction of sp³-hybridized carbons (Fsp3) is 0.818. The number of carboxylic acid groups (broad SMARTS) is 1. The Hall–Kier alpha value is -1.30. The molecule has 0 saturated carbocycles. The van der Waals surface area contributed by atoms with Crippen molar-refractivity contribution >= 4 is 12.0 Å². The molecule has 3 N–H and O–H groups in total. The molecule has 1 aliphatic heterocycles. The molecule has 98 valence electrons. The van der Waals surface area contributed by atoms with Crippen molar-refractivity contribution in [3.05, 3.63) is 0 Å². The summed E-state index contributed by atoms with van der Waals surface area (Å²) in [7, 11) is 0. The second kappa shape index (κ2) is 6.44. The number of carbonyl (C=O) groups is 2. The number of aliphatic hydroxyl groups excluding tert-OH is 1. The Kier molecular flexibility index (Phi) is 5.21. The number of hydrogen-bond donors (Lipinski definition) is 3. The highest BCUT2D eigenvalue weighted by atomic mass is 16.4. The normalized spacial score (nSPS) is 21.3. The molecule has 17 heavy (non-hydrogen) atoms. The van der Waals surface area contributed by atoms with Crippen LogP contribution in [-0.2, 0) is 4.79 Å². The van der Waals surface area contributed by atoms with Gasteiger partial charge in [0.25, 0.3) is 0 Å². The van der Waals surface area contributed by atoms with Crippen molar-refractivity contribution in [1.82, 2.24) is 10.2 Å². The lowest BCUT2D eigenvalue weighted by Crippen LogP contribution is -2.50. The quantitative estimate of drug-likeness (QED) is 0.653. The van der Waals surface area contributed by atoms with Gasteiger partial charge < -0.3 is 20.4 Å². The van der Waals surface area contributed by atoms with E-state index < -0.39 is 12.0 Å². The van der Waals surface area contributed by atoms with E-state index in [-0.39, 0.29) is 18.7 Å². The van der Waals surface area contributed by atoms with Gasteiger partial charge in [0.15, 0.2) is 0 Å². The molecular weight excluding hydrogens is 224 g/mol. The van der Waals surface area contributed by atoms with Crippen LogP contribution in [0.2, 0.25) is 0 Å². The molecular formula is C11H20N2O4. The maximum Gasteiger partial charge on any atom is 0.326 e. The van der Waals surface area contributed by atoms with Crippen LogP contribution < -0.4 is 5.32 Å². The number of carboxylic acids is 1. The average Bonchev–Trinajstić information content (AvgIpc) is 2.76. The summed E-state index contributed by atoms with van der Waals surface area (Å²) in [4.78, 5) is 24.3. The predicted molar refractivity (Wildman–Crippen MR) is 61.7 cm³/mol. The topological polar surface area (TPSA) is 89.9 Å². The number of urea groups is 1. The number of hydrogen-bond acceptors (Lipinski definition) is 3. The molecule has 6 nitrogen and oxygen atoms in total. The predicted octanol–water partition coefficient (Wildman–Crippen LogP) is 0.406. The number of carbonyl (C=O) groups excluding carboxylic acids is 1. The standard InChI is InChI=1S/C11H20N2O4/c1-2-4-9(10(15)16)12-11(17)13-6-3-5-8(13)7-14/h8-9,14H,2-7H2,1H3,(H,12,17)(H,15,16)/t8?,9-/m0/s1. The molecule has 0 bridgehead atoms. The van der Waals surface area contributed by atoms with Crippen LogP contribution in [0.1, 0.15) is 32.6 Å². The molecule has 1 unspecified atom stereocenters. The summed E-state index contributed by atoms with van der Waals surface area (Å²) in [5, 5.41) is 20.5. The second-order valence-corrected chi connectivity index (χ2v) is 4.30. The second-order valence-electron chi connectivity index (χ2n) is 4.30. The number of likely N-dealkylation sites (tertiary alicyclic amines) is 1. The van der Waals surface area contributed by atoms with Gasteiger partial charge in [-0.25, -0.2) is 9.59 Å². The van der Waals surface area contributed by atoms with Crippen molar-refractivity contribution in [1.29, 1.82) is 0 Å². The van der Waals surface area contributed by atoms with E-state index in [2.05, 4.69) is 5.32 Å². The van der Waals surface area contributed by atoms with Crippen LogP contribution in [0.25, 0.3) is 0 Å². The zero-order valence-electron chi connectivity index (χ0n) is 10.1. The molecule has 0 aliphatic carbocycles. The number of nitrogens with one attached hydrogen (secondary N) is 1. The summed E-state index contributed by atoms with van der Waals surface area (Å²) in [6, 6.07) is -1.40. The molecule has 1 saturated heterocycles. The average molecular weight is 244 g/mol. The Morgan fingerprint density at radius 1 is 1.53 bits per heavy atom.